The summed E-state index contributed by atoms with van der Waals surface area (Å²) in [5, 5.41) is 0. The van der Waals surface area contributed by atoms with Crippen LogP contribution in [0.25, 0.3) is 0 Å². The van der Waals surface area contributed by atoms with E-state index in [4.69, 9.17) is 0 Å². The minimum Gasteiger partial charge on any atom is -0.403 e. The van der Waals surface area contributed by atoms with E-state index in [-0.39, 0.29) is 0 Å². The first-order valence-electron chi connectivity index (χ1n) is 10.6. The van der Waals surface area contributed by atoms with Gasteiger partial charge < -0.3 is 4.74 Å². The van der Waals surface area contributed by atoms with Crippen LogP contribution < -0.4 is 4.74 Å². The summed E-state index contributed by atoms with van der Waals surface area (Å²) in [6.45, 7) is 2.25. The predicted octanol–water partition coefficient (Wildman–Crippen LogP) is 7.79. The first-order chi connectivity index (χ1) is 13.4. The Labute approximate surface area is 165 Å². The van der Waals surface area contributed by atoms with Gasteiger partial charge in [0.1, 0.15) is 0 Å². The Bertz CT molecular complexity index is 612. The second-order valence-corrected chi connectivity index (χ2v) is 8.31. The van der Waals surface area contributed by atoms with Crippen LogP contribution in [0.3, 0.4) is 0 Å². The molecule has 28 heavy (non-hydrogen) atoms. The molecular weight excluding hydrogens is 368 g/mol. The minimum absolute atomic E-state index is 0.661. The quantitative estimate of drug-likeness (QED) is 0.444. The summed E-state index contributed by atoms with van der Waals surface area (Å²) in [6.07, 6.45) is 8.22. The predicted molar refractivity (Wildman–Crippen MR) is 102 cm³/mol. The summed E-state index contributed by atoms with van der Waals surface area (Å²) in [7, 11) is 0. The van der Waals surface area contributed by atoms with Crippen LogP contribution in [0.2, 0.25) is 0 Å². The fourth-order valence-electron chi connectivity index (χ4n) is 4.83. The van der Waals surface area contributed by atoms with E-state index in [0.717, 1.165) is 43.6 Å². The Balaban J connectivity index is 1.48. The molecule has 2 aliphatic carbocycles. The fourth-order valence-corrected chi connectivity index (χ4v) is 4.83. The summed E-state index contributed by atoms with van der Waals surface area (Å²) in [4.78, 5) is 0. The Morgan fingerprint density at radius 3 is 2.25 bits per heavy atom. The van der Waals surface area contributed by atoms with Crippen molar-refractivity contribution in [3.63, 3.8) is 0 Å². The topological polar surface area (TPSA) is 9.23 Å². The number of unbranched alkanes of at least 4 members (excludes halogenated alkanes) is 1. The van der Waals surface area contributed by atoms with Crippen molar-refractivity contribution in [1.29, 1.82) is 0 Å². The van der Waals surface area contributed by atoms with E-state index in [0.29, 0.717) is 11.5 Å². The van der Waals surface area contributed by atoms with E-state index in [2.05, 4.69) is 11.7 Å². The number of hydrogen-bond donors (Lipinski definition) is 0. The molecule has 5 heteroatoms. The van der Waals surface area contributed by atoms with Crippen LogP contribution >= 0.6 is 0 Å². The third-order valence-corrected chi connectivity index (χ3v) is 6.45. The zero-order valence-corrected chi connectivity index (χ0v) is 16.6. The van der Waals surface area contributed by atoms with Crippen molar-refractivity contribution in [3.05, 3.63) is 41.4 Å². The molecule has 0 heterocycles. The lowest BCUT2D eigenvalue weighted by Crippen LogP contribution is -2.24. The lowest BCUT2D eigenvalue weighted by atomic mass is 9.68. The molecule has 3 rings (SSSR count). The van der Waals surface area contributed by atoms with E-state index in [1.807, 2.05) is 0 Å². The van der Waals surface area contributed by atoms with E-state index in [1.165, 1.54) is 51.0 Å². The van der Waals surface area contributed by atoms with Crippen LogP contribution in [0.1, 0.15) is 83.1 Å². The summed E-state index contributed by atoms with van der Waals surface area (Å²) in [5.41, 5.74) is 0.707. The number of hydrogen-bond acceptors (Lipinski definition) is 1. The van der Waals surface area contributed by atoms with Crippen molar-refractivity contribution >= 4 is 0 Å². The van der Waals surface area contributed by atoms with Crippen molar-refractivity contribution in [2.45, 2.75) is 83.9 Å². The molecule has 0 bridgehead atoms. The maximum Gasteiger partial charge on any atom is 0.573 e. The minimum atomic E-state index is -4.87. The van der Waals surface area contributed by atoms with Crippen molar-refractivity contribution in [1.82, 2.24) is 0 Å². The van der Waals surface area contributed by atoms with Crippen LogP contribution in [0.4, 0.5) is 17.6 Å². The first-order valence-corrected chi connectivity index (χ1v) is 10.6. The van der Waals surface area contributed by atoms with Crippen molar-refractivity contribution < 1.29 is 22.3 Å². The molecule has 0 unspecified atom stereocenters. The van der Waals surface area contributed by atoms with Gasteiger partial charge in [0, 0.05) is 5.92 Å². The van der Waals surface area contributed by atoms with Crippen LogP contribution in [0.5, 0.6) is 5.75 Å². The lowest BCUT2D eigenvalue weighted by Gasteiger charge is -2.37. The van der Waals surface area contributed by atoms with E-state index >= 15 is 0 Å². The third-order valence-electron chi connectivity index (χ3n) is 6.45. The first kappa shape index (κ1) is 21.4. The second kappa shape index (κ2) is 9.49. The summed E-state index contributed by atoms with van der Waals surface area (Å²) in [5.74, 6) is 2.70. The summed E-state index contributed by atoms with van der Waals surface area (Å²) in [6, 6.07) is 3.82. The van der Waals surface area contributed by atoms with Gasteiger partial charge in [0.05, 0.1) is 0 Å². The molecule has 1 nitrogen and oxygen atoms in total. The lowest BCUT2D eigenvalue weighted by molar-refractivity contribution is -0.275. The molecule has 2 saturated carbocycles. The van der Waals surface area contributed by atoms with E-state index < -0.39 is 17.9 Å². The third kappa shape index (κ3) is 5.87. The molecule has 0 amide bonds. The highest BCUT2D eigenvalue weighted by atomic mass is 19.4. The molecule has 0 aliphatic heterocycles. The molecule has 156 valence electrons. The van der Waals surface area contributed by atoms with Gasteiger partial charge in [-0.25, -0.2) is 4.39 Å². The Kier molecular flexibility index (Phi) is 7.27. The molecule has 1 aromatic carbocycles. The SMILES string of the molecule is CCCCC1CC[C](C2CC[C](c3ccc(OC(F)(F)F)c(F)c3)CC2)CC1. The molecule has 0 atom stereocenters. The van der Waals surface area contributed by atoms with Gasteiger partial charge in [0.25, 0.3) is 0 Å². The maximum atomic E-state index is 14.0. The molecule has 0 N–H and O–H groups in total. The van der Waals surface area contributed by atoms with Crippen molar-refractivity contribution in [3.8, 4) is 5.75 Å². The Hall–Kier alpha value is -1.26. The number of ether oxygens (including phenoxy) is 1. The zero-order valence-electron chi connectivity index (χ0n) is 16.6. The van der Waals surface area contributed by atoms with Gasteiger partial charge in [0.15, 0.2) is 11.6 Å². The normalized spacial score (nSPS) is 21.2. The molecule has 2 fully saturated rings. The number of halogens is 4. The summed E-state index contributed by atoms with van der Waals surface area (Å²) < 4.78 is 54.6. The molecule has 0 saturated heterocycles. The standard InChI is InChI=1S/C23H30F4O/c1-2-3-4-16-5-7-17(8-6-16)18-9-11-19(12-10-18)20-13-14-22(21(24)15-20)28-23(25,26)27/h13-16,18H,2-12H2,1H3. The van der Waals surface area contributed by atoms with Crippen LogP contribution in [0, 0.1) is 29.5 Å². The van der Waals surface area contributed by atoms with Gasteiger partial charge in [-0.2, -0.15) is 0 Å². The average Bonchev–Trinajstić information content (AvgIpc) is 2.67. The summed E-state index contributed by atoms with van der Waals surface area (Å²) >= 11 is 0. The van der Waals surface area contributed by atoms with Crippen LogP contribution in [0.15, 0.2) is 18.2 Å². The molecule has 1 aromatic rings. The van der Waals surface area contributed by atoms with Gasteiger partial charge >= 0.3 is 6.36 Å². The average molecular weight is 398 g/mol. The molecule has 2 aliphatic rings. The molecule has 0 aromatic heterocycles. The van der Waals surface area contributed by atoms with Crippen molar-refractivity contribution in [2.24, 2.45) is 11.8 Å². The van der Waals surface area contributed by atoms with Gasteiger partial charge in [-0.15, -0.1) is 13.2 Å². The second-order valence-electron chi connectivity index (χ2n) is 8.31. The molecule has 2 radical (unpaired) electrons. The van der Waals surface area contributed by atoms with E-state index in [1.54, 1.807) is 12.0 Å². The Morgan fingerprint density at radius 2 is 1.68 bits per heavy atom. The smallest absolute Gasteiger partial charge is 0.403 e. The van der Waals surface area contributed by atoms with Crippen LogP contribution in [-0.2, 0) is 0 Å². The monoisotopic (exact) mass is 398 g/mol. The van der Waals surface area contributed by atoms with E-state index in [9.17, 15) is 17.6 Å². The zero-order chi connectivity index (χ0) is 20.1. The highest BCUT2D eigenvalue weighted by molar-refractivity contribution is 5.37. The largest absolute Gasteiger partial charge is 0.573 e. The van der Waals surface area contributed by atoms with Crippen molar-refractivity contribution in [2.75, 3.05) is 0 Å². The molecular formula is C23H30F4O. The number of benzene rings is 1. The highest BCUT2D eigenvalue weighted by Gasteiger charge is 2.34. The number of rotatable bonds is 6. The van der Waals surface area contributed by atoms with Gasteiger partial charge in [0.2, 0.25) is 0 Å². The van der Waals surface area contributed by atoms with Gasteiger partial charge in [-0.3, -0.25) is 0 Å². The molecule has 0 spiro atoms. The van der Waals surface area contributed by atoms with Crippen LogP contribution in [-0.4, -0.2) is 6.36 Å². The fraction of sp³-hybridized carbons (Fsp3) is 0.652. The highest BCUT2D eigenvalue weighted by Crippen LogP contribution is 2.45. The Morgan fingerprint density at radius 1 is 1.00 bits per heavy atom. The van der Waals surface area contributed by atoms with Gasteiger partial charge in [-0.05, 0) is 86.8 Å². The maximum absolute atomic E-state index is 14.0. The number of alkyl halides is 3. The van der Waals surface area contributed by atoms with Gasteiger partial charge in [-0.1, -0.05) is 32.3 Å².